The SMILES string of the molecule is O=C(c1ccco1)N(Cc1cccc(-c2cc(F)c3ncnc(NC4CC4)c3c2)c1)C1CC1. The Morgan fingerprint density at radius 3 is 2.70 bits per heavy atom. The highest BCUT2D eigenvalue weighted by Gasteiger charge is 2.34. The fourth-order valence-electron chi connectivity index (χ4n) is 4.17. The number of aromatic nitrogens is 2. The summed E-state index contributed by atoms with van der Waals surface area (Å²) in [6.45, 7) is 0.478. The van der Waals surface area contributed by atoms with Gasteiger partial charge in [-0.3, -0.25) is 4.79 Å². The third-order valence-electron chi connectivity index (χ3n) is 6.20. The topological polar surface area (TPSA) is 71.3 Å². The Balaban J connectivity index is 1.33. The average molecular weight is 442 g/mol. The molecule has 0 atom stereocenters. The zero-order valence-corrected chi connectivity index (χ0v) is 18.0. The molecule has 2 aromatic heterocycles. The number of carbonyl (C=O) groups excluding carboxylic acids is 1. The van der Waals surface area contributed by atoms with Crippen LogP contribution in [-0.2, 0) is 6.54 Å². The molecule has 0 saturated heterocycles. The van der Waals surface area contributed by atoms with E-state index in [1.165, 1.54) is 18.7 Å². The lowest BCUT2D eigenvalue weighted by Crippen LogP contribution is -2.32. The number of hydrogen-bond donors (Lipinski definition) is 1. The number of benzene rings is 2. The predicted molar refractivity (Wildman–Crippen MR) is 123 cm³/mol. The Labute approximate surface area is 190 Å². The molecule has 6 rings (SSSR count). The summed E-state index contributed by atoms with van der Waals surface area (Å²) in [5, 5.41) is 4.05. The first-order valence-corrected chi connectivity index (χ1v) is 11.3. The molecule has 2 aliphatic carbocycles. The first kappa shape index (κ1) is 19.9. The molecule has 0 unspecified atom stereocenters. The molecule has 0 spiro atoms. The van der Waals surface area contributed by atoms with Crippen LogP contribution in [0.15, 0.2) is 65.5 Å². The van der Waals surface area contributed by atoms with Crippen LogP contribution in [0.3, 0.4) is 0 Å². The van der Waals surface area contributed by atoms with Crippen molar-refractivity contribution >= 4 is 22.6 Å². The molecule has 1 N–H and O–H groups in total. The fourth-order valence-corrected chi connectivity index (χ4v) is 4.17. The van der Waals surface area contributed by atoms with E-state index < -0.39 is 0 Å². The van der Waals surface area contributed by atoms with Crippen LogP contribution in [0.4, 0.5) is 10.2 Å². The maximum absolute atomic E-state index is 15.0. The summed E-state index contributed by atoms with van der Waals surface area (Å²) in [7, 11) is 0. The van der Waals surface area contributed by atoms with Crippen LogP contribution >= 0.6 is 0 Å². The van der Waals surface area contributed by atoms with Crippen molar-refractivity contribution in [2.75, 3.05) is 5.32 Å². The van der Waals surface area contributed by atoms with E-state index in [-0.39, 0.29) is 17.8 Å². The third-order valence-corrected chi connectivity index (χ3v) is 6.20. The molecule has 2 heterocycles. The van der Waals surface area contributed by atoms with Gasteiger partial charge in [0.05, 0.1) is 6.26 Å². The van der Waals surface area contributed by atoms with E-state index in [1.807, 2.05) is 35.2 Å². The quantitative estimate of drug-likeness (QED) is 0.414. The maximum Gasteiger partial charge on any atom is 0.290 e. The van der Waals surface area contributed by atoms with E-state index >= 15 is 0 Å². The standard InChI is InChI=1S/C26H23FN4O2/c27-22-13-18(12-21-24(22)28-15-29-25(21)30-19-6-7-19)17-4-1-3-16(11-17)14-31(20-8-9-20)26(32)23-5-2-10-33-23/h1-5,10-13,15,19-20H,6-9,14H2,(H,28,29,30). The molecule has 2 fully saturated rings. The van der Waals surface area contributed by atoms with Crippen molar-refractivity contribution in [3.05, 3.63) is 78.3 Å². The van der Waals surface area contributed by atoms with Crippen LogP contribution in [0.1, 0.15) is 41.8 Å². The molecule has 0 radical (unpaired) electrons. The number of furan rings is 1. The van der Waals surface area contributed by atoms with Gasteiger partial charge >= 0.3 is 0 Å². The summed E-state index contributed by atoms with van der Waals surface area (Å²) in [4.78, 5) is 23.3. The Morgan fingerprint density at radius 1 is 1.06 bits per heavy atom. The molecule has 2 saturated carbocycles. The van der Waals surface area contributed by atoms with Crippen molar-refractivity contribution in [1.82, 2.24) is 14.9 Å². The minimum absolute atomic E-state index is 0.0995. The molecule has 4 aromatic rings. The Morgan fingerprint density at radius 2 is 1.94 bits per heavy atom. The highest BCUT2D eigenvalue weighted by Crippen LogP contribution is 2.33. The number of fused-ring (bicyclic) bond motifs is 1. The summed E-state index contributed by atoms with van der Waals surface area (Å²) in [5.74, 6) is 0.549. The van der Waals surface area contributed by atoms with Crippen molar-refractivity contribution in [1.29, 1.82) is 0 Å². The van der Waals surface area contributed by atoms with Gasteiger partial charge in [-0.15, -0.1) is 0 Å². The largest absolute Gasteiger partial charge is 0.459 e. The van der Waals surface area contributed by atoms with Gasteiger partial charge < -0.3 is 14.6 Å². The van der Waals surface area contributed by atoms with Crippen LogP contribution in [0.5, 0.6) is 0 Å². The molecule has 1 amide bonds. The van der Waals surface area contributed by atoms with Gasteiger partial charge in [0.15, 0.2) is 5.76 Å². The smallest absolute Gasteiger partial charge is 0.290 e. The zero-order valence-electron chi connectivity index (χ0n) is 18.0. The minimum Gasteiger partial charge on any atom is -0.459 e. The second kappa shape index (κ2) is 7.99. The molecule has 0 aliphatic heterocycles. The Kier molecular flexibility index (Phi) is 4.82. The van der Waals surface area contributed by atoms with Crippen molar-refractivity contribution < 1.29 is 13.6 Å². The highest BCUT2D eigenvalue weighted by molar-refractivity contribution is 5.93. The predicted octanol–water partition coefficient (Wildman–Crippen LogP) is 5.41. The highest BCUT2D eigenvalue weighted by atomic mass is 19.1. The normalized spacial score (nSPS) is 15.5. The molecule has 0 bridgehead atoms. The second-order valence-corrected chi connectivity index (χ2v) is 8.84. The molecule has 7 heteroatoms. The minimum atomic E-state index is -0.373. The summed E-state index contributed by atoms with van der Waals surface area (Å²) in [5.41, 5.74) is 2.94. The number of carbonyl (C=O) groups is 1. The molecular formula is C26H23FN4O2. The molecule has 33 heavy (non-hydrogen) atoms. The van der Waals surface area contributed by atoms with Gasteiger partial charge in [0, 0.05) is 24.0 Å². The van der Waals surface area contributed by atoms with E-state index in [1.54, 1.807) is 12.1 Å². The van der Waals surface area contributed by atoms with Gasteiger partial charge in [0.25, 0.3) is 5.91 Å². The lowest BCUT2D eigenvalue weighted by Gasteiger charge is -2.22. The van der Waals surface area contributed by atoms with E-state index in [9.17, 15) is 9.18 Å². The van der Waals surface area contributed by atoms with Crippen LogP contribution in [0.2, 0.25) is 0 Å². The van der Waals surface area contributed by atoms with Crippen LogP contribution in [0.25, 0.3) is 22.0 Å². The Hall–Kier alpha value is -3.74. The van der Waals surface area contributed by atoms with Crippen molar-refractivity contribution in [2.45, 2.75) is 44.3 Å². The number of halogens is 1. The molecule has 6 nitrogen and oxygen atoms in total. The average Bonchev–Trinajstić information content (AvgIpc) is 3.77. The number of hydrogen-bond acceptors (Lipinski definition) is 5. The molecule has 2 aliphatic rings. The lowest BCUT2D eigenvalue weighted by molar-refractivity contribution is 0.0697. The van der Waals surface area contributed by atoms with Crippen LogP contribution in [-0.4, -0.2) is 32.9 Å². The van der Waals surface area contributed by atoms with Crippen LogP contribution < -0.4 is 5.32 Å². The number of rotatable bonds is 7. The first-order chi connectivity index (χ1) is 16.2. The van der Waals surface area contributed by atoms with Crippen molar-refractivity contribution in [3.8, 4) is 11.1 Å². The van der Waals surface area contributed by atoms with Gasteiger partial charge in [0.2, 0.25) is 0 Å². The van der Waals surface area contributed by atoms with Gasteiger partial charge in [-0.25, -0.2) is 14.4 Å². The van der Waals surface area contributed by atoms with Crippen LogP contribution in [0, 0.1) is 5.82 Å². The van der Waals surface area contributed by atoms with E-state index in [0.717, 1.165) is 42.4 Å². The lowest BCUT2D eigenvalue weighted by atomic mass is 10.0. The summed E-state index contributed by atoms with van der Waals surface area (Å²) in [6.07, 6.45) is 7.12. The van der Waals surface area contributed by atoms with Gasteiger partial charge in [-0.05, 0) is 72.7 Å². The fraction of sp³-hybridized carbons (Fsp3) is 0.269. The van der Waals surface area contributed by atoms with Gasteiger partial charge in [0.1, 0.15) is 23.5 Å². The van der Waals surface area contributed by atoms with E-state index in [4.69, 9.17) is 4.42 Å². The van der Waals surface area contributed by atoms with Gasteiger partial charge in [-0.1, -0.05) is 18.2 Å². The molecular weight excluding hydrogens is 419 g/mol. The third kappa shape index (κ3) is 4.06. The summed E-state index contributed by atoms with van der Waals surface area (Å²) in [6, 6.07) is 15.4. The second-order valence-electron chi connectivity index (χ2n) is 8.84. The van der Waals surface area contributed by atoms with Gasteiger partial charge in [-0.2, -0.15) is 0 Å². The first-order valence-electron chi connectivity index (χ1n) is 11.3. The zero-order chi connectivity index (χ0) is 22.4. The summed E-state index contributed by atoms with van der Waals surface area (Å²) >= 11 is 0. The Bertz CT molecular complexity index is 1330. The number of nitrogens with one attached hydrogen (secondary N) is 1. The monoisotopic (exact) mass is 442 g/mol. The molecule has 166 valence electrons. The summed E-state index contributed by atoms with van der Waals surface area (Å²) < 4.78 is 20.3. The maximum atomic E-state index is 15.0. The number of amides is 1. The number of anilines is 1. The van der Waals surface area contributed by atoms with Crippen molar-refractivity contribution in [3.63, 3.8) is 0 Å². The van der Waals surface area contributed by atoms with E-state index in [0.29, 0.717) is 35.1 Å². The number of nitrogens with zero attached hydrogens (tertiary/aromatic N) is 3. The van der Waals surface area contributed by atoms with E-state index in [2.05, 4.69) is 15.3 Å². The van der Waals surface area contributed by atoms with Crippen molar-refractivity contribution in [2.24, 2.45) is 0 Å². The molecule has 2 aromatic carbocycles.